The van der Waals surface area contributed by atoms with Gasteiger partial charge in [0.2, 0.25) is 0 Å². The van der Waals surface area contributed by atoms with Gasteiger partial charge in [0.1, 0.15) is 6.61 Å². The Kier molecular flexibility index (Phi) is 3.25. The van der Waals surface area contributed by atoms with Crippen LogP contribution in [0.2, 0.25) is 0 Å². The molecule has 0 aromatic rings. The summed E-state index contributed by atoms with van der Waals surface area (Å²) in [6, 6.07) is 0. The van der Waals surface area contributed by atoms with E-state index in [1.54, 1.807) is 0 Å². The maximum absolute atomic E-state index is 10.9. The molecule has 3 aliphatic rings. The highest BCUT2D eigenvalue weighted by molar-refractivity contribution is 5.81. The van der Waals surface area contributed by atoms with Crippen molar-refractivity contribution in [3.05, 3.63) is 24.8 Å². The Bertz CT molecular complexity index is 374. The summed E-state index contributed by atoms with van der Waals surface area (Å²) in [5, 5.41) is 0. The summed E-state index contributed by atoms with van der Waals surface area (Å²) in [6.45, 7) is 4.21. The van der Waals surface area contributed by atoms with E-state index in [4.69, 9.17) is 9.47 Å². The van der Waals surface area contributed by atoms with E-state index < -0.39 is 0 Å². The van der Waals surface area contributed by atoms with Gasteiger partial charge in [0, 0.05) is 6.08 Å². The minimum absolute atomic E-state index is 0.338. The van der Waals surface area contributed by atoms with E-state index in [2.05, 4.69) is 18.7 Å². The largest absolute Gasteiger partial charge is 0.460 e. The molecule has 3 heteroatoms. The maximum Gasteiger partial charge on any atom is 0.330 e. The van der Waals surface area contributed by atoms with Gasteiger partial charge in [0.15, 0.2) is 0 Å². The third-order valence-corrected chi connectivity index (χ3v) is 4.77. The molecule has 0 aliphatic heterocycles. The van der Waals surface area contributed by atoms with Crippen LogP contribution in [-0.4, -0.2) is 25.3 Å². The number of fused-ring (bicyclic) bond motifs is 5. The van der Waals surface area contributed by atoms with Crippen LogP contribution in [0.3, 0.4) is 0 Å². The number of hydrogen-bond acceptors (Lipinski definition) is 3. The molecule has 0 radical (unpaired) electrons. The van der Waals surface area contributed by atoms with E-state index in [1.807, 2.05) is 0 Å². The normalized spacial score (nSPS) is 39.9. The van der Waals surface area contributed by atoms with Crippen molar-refractivity contribution in [3.63, 3.8) is 0 Å². The molecule has 0 aromatic heterocycles. The molecule has 3 aliphatic carbocycles. The van der Waals surface area contributed by atoms with Crippen molar-refractivity contribution >= 4 is 5.97 Å². The van der Waals surface area contributed by atoms with Crippen molar-refractivity contribution in [1.29, 1.82) is 0 Å². The summed E-state index contributed by atoms with van der Waals surface area (Å²) in [7, 11) is 0. The summed E-state index contributed by atoms with van der Waals surface area (Å²) in [6.07, 6.45) is 10.1. The first-order chi connectivity index (χ1) is 8.79. The van der Waals surface area contributed by atoms with Crippen LogP contribution in [0.25, 0.3) is 0 Å². The summed E-state index contributed by atoms with van der Waals surface area (Å²) >= 11 is 0. The second-order valence-electron chi connectivity index (χ2n) is 5.58. The molecule has 0 N–H and O–H groups in total. The third-order valence-electron chi connectivity index (χ3n) is 4.77. The predicted octanol–water partition coefficient (Wildman–Crippen LogP) is 2.33. The van der Waals surface area contributed by atoms with E-state index in [1.165, 1.54) is 25.3 Å². The van der Waals surface area contributed by atoms with Gasteiger partial charge in [-0.25, -0.2) is 4.79 Å². The van der Waals surface area contributed by atoms with Gasteiger partial charge in [-0.2, -0.15) is 0 Å². The summed E-state index contributed by atoms with van der Waals surface area (Å²) in [5.74, 6) is 2.84. The van der Waals surface area contributed by atoms with Crippen molar-refractivity contribution in [2.45, 2.75) is 25.4 Å². The number of carbonyl (C=O) groups is 1. The molecule has 2 bridgehead atoms. The van der Waals surface area contributed by atoms with E-state index in [0.29, 0.717) is 19.3 Å². The topological polar surface area (TPSA) is 35.5 Å². The highest BCUT2D eigenvalue weighted by Gasteiger charge is 2.52. The van der Waals surface area contributed by atoms with Crippen LogP contribution < -0.4 is 0 Å². The van der Waals surface area contributed by atoms with Crippen LogP contribution in [0.4, 0.5) is 0 Å². The minimum Gasteiger partial charge on any atom is -0.460 e. The van der Waals surface area contributed by atoms with Gasteiger partial charge in [-0.15, -0.1) is 0 Å². The third kappa shape index (κ3) is 2.01. The Labute approximate surface area is 108 Å². The Morgan fingerprint density at radius 2 is 2.22 bits per heavy atom. The lowest BCUT2D eigenvalue weighted by atomic mass is 9.80. The fraction of sp³-hybridized carbons (Fsp3) is 0.667. The number of rotatable bonds is 5. The molecule has 0 aromatic carbocycles. The van der Waals surface area contributed by atoms with Crippen molar-refractivity contribution in [2.24, 2.45) is 23.7 Å². The average molecular weight is 248 g/mol. The Morgan fingerprint density at radius 1 is 1.33 bits per heavy atom. The number of carbonyl (C=O) groups excluding carboxylic acids is 1. The van der Waals surface area contributed by atoms with Gasteiger partial charge in [-0.3, -0.25) is 0 Å². The van der Waals surface area contributed by atoms with Crippen molar-refractivity contribution < 1.29 is 14.3 Å². The molecule has 0 saturated heterocycles. The van der Waals surface area contributed by atoms with Crippen LogP contribution in [0, 0.1) is 23.7 Å². The lowest BCUT2D eigenvalue weighted by molar-refractivity contribution is -0.140. The Balaban J connectivity index is 1.43. The number of allylic oxidation sites excluding steroid dienone is 2. The fourth-order valence-electron chi connectivity index (χ4n) is 4.09. The Morgan fingerprint density at radius 3 is 3.06 bits per heavy atom. The lowest BCUT2D eigenvalue weighted by Crippen LogP contribution is -2.31. The van der Waals surface area contributed by atoms with E-state index in [9.17, 15) is 4.79 Å². The fourth-order valence-corrected chi connectivity index (χ4v) is 4.09. The summed E-state index contributed by atoms with van der Waals surface area (Å²) in [4.78, 5) is 10.9. The van der Waals surface area contributed by atoms with Crippen LogP contribution in [0.15, 0.2) is 24.8 Å². The number of ether oxygens (including phenoxy) is 2. The van der Waals surface area contributed by atoms with Crippen molar-refractivity contribution in [3.8, 4) is 0 Å². The van der Waals surface area contributed by atoms with Crippen LogP contribution in [0.5, 0.6) is 0 Å². The molecule has 18 heavy (non-hydrogen) atoms. The monoisotopic (exact) mass is 248 g/mol. The van der Waals surface area contributed by atoms with Gasteiger partial charge in [-0.1, -0.05) is 18.7 Å². The average Bonchev–Trinajstić information content (AvgIpc) is 3.05. The molecule has 98 valence electrons. The summed E-state index contributed by atoms with van der Waals surface area (Å²) in [5.41, 5.74) is 0. The van der Waals surface area contributed by atoms with Gasteiger partial charge in [0.05, 0.1) is 12.7 Å². The van der Waals surface area contributed by atoms with Gasteiger partial charge >= 0.3 is 5.97 Å². The van der Waals surface area contributed by atoms with Crippen molar-refractivity contribution in [1.82, 2.24) is 0 Å². The molecule has 5 atom stereocenters. The second kappa shape index (κ2) is 4.88. The maximum atomic E-state index is 10.9. The number of hydrogen-bond donors (Lipinski definition) is 0. The molecule has 0 amide bonds. The first kappa shape index (κ1) is 12.0. The zero-order chi connectivity index (χ0) is 12.5. The molecular weight excluding hydrogens is 228 g/mol. The van der Waals surface area contributed by atoms with Crippen LogP contribution in [0.1, 0.15) is 19.3 Å². The van der Waals surface area contributed by atoms with Gasteiger partial charge in [-0.05, 0) is 42.9 Å². The van der Waals surface area contributed by atoms with E-state index in [-0.39, 0.29) is 5.97 Å². The molecule has 2 saturated carbocycles. The molecule has 5 unspecified atom stereocenters. The SMILES string of the molecule is C=CC(=O)OCCOC1CC2CC1C1CC=CC21. The molecule has 0 heterocycles. The van der Waals surface area contributed by atoms with Gasteiger partial charge in [0.25, 0.3) is 0 Å². The smallest absolute Gasteiger partial charge is 0.330 e. The quantitative estimate of drug-likeness (QED) is 0.324. The lowest BCUT2D eigenvalue weighted by Gasteiger charge is -2.31. The predicted molar refractivity (Wildman–Crippen MR) is 67.8 cm³/mol. The molecule has 3 rings (SSSR count). The first-order valence-electron chi connectivity index (χ1n) is 6.87. The molecule has 2 fully saturated rings. The second-order valence-corrected chi connectivity index (χ2v) is 5.58. The first-order valence-corrected chi connectivity index (χ1v) is 6.87. The molecule has 3 nitrogen and oxygen atoms in total. The zero-order valence-electron chi connectivity index (χ0n) is 10.6. The standard InChI is InChI=1S/C15H20O3/c1-2-15(16)18-7-6-17-14-9-10-8-13(14)12-5-3-4-11(10)12/h2-4,10-14H,1,5-9H2. The van der Waals surface area contributed by atoms with Gasteiger partial charge < -0.3 is 9.47 Å². The van der Waals surface area contributed by atoms with Crippen LogP contribution in [-0.2, 0) is 14.3 Å². The highest BCUT2D eigenvalue weighted by atomic mass is 16.6. The van der Waals surface area contributed by atoms with Crippen molar-refractivity contribution in [2.75, 3.05) is 13.2 Å². The Hall–Kier alpha value is -1.09. The zero-order valence-corrected chi connectivity index (χ0v) is 10.6. The number of esters is 1. The summed E-state index contributed by atoms with van der Waals surface area (Å²) < 4.78 is 10.8. The van der Waals surface area contributed by atoms with E-state index >= 15 is 0 Å². The molecule has 0 spiro atoms. The van der Waals surface area contributed by atoms with E-state index in [0.717, 1.165) is 23.7 Å². The molecular formula is C15H20O3. The van der Waals surface area contributed by atoms with Crippen LogP contribution >= 0.6 is 0 Å². The minimum atomic E-state index is -0.369. The highest BCUT2D eigenvalue weighted by Crippen LogP contribution is 2.57.